The van der Waals surface area contributed by atoms with Crippen LogP contribution in [-0.4, -0.2) is 20.7 Å². The molecule has 138 valence electrons. The smallest absolute Gasteiger partial charge is 0.256 e. The number of hydrogen-bond donors (Lipinski definition) is 1. The molecule has 0 aliphatic heterocycles. The third kappa shape index (κ3) is 2.68. The number of thiophene rings is 1. The summed E-state index contributed by atoms with van der Waals surface area (Å²) in [4.78, 5) is 17.8. The first-order chi connectivity index (χ1) is 13.6. The first-order valence-corrected chi connectivity index (χ1v) is 9.65. The minimum absolute atomic E-state index is 0.203. The van der Waals surface area contributed by atoms with Gasteiger partial charge in [-0.2, -0.15) is 5.10 Å². The average molecular weight is 388 g/mol. The fourth-order valence-electron chi connectivity index (χ4n) is 3.42. The van der Waals surface area contributed by atoms with E-state index in [1.54, 1.807) is 34.4 Å². The maximum atomic E-state index is 13.2. The molecular formula is C21H16N4O2S. The topological polar surface area (TPSA) is 73.0 Å². The van der Waals surface area contributed by atoms with Crippen molar-refractivity contribution in [2.75, 3.05) is 5.32 Å². The fourth-order valence-corrected chi connectivity index (χ4v) is 4.19. The van der Waals surface area contributed by atoms with Crippen molar-refractivity contribution in [2.45, 2.75) is 6.92 Å². The summed E-state index contributed by atoms with van der Waals surface area (Å²) in [6.07, 6.45) is 1.59. The molecule has 0 atom stereocenters. The largest absolute Gasteiger partial charge is 0.463 e. The van der Waals surface area contributed by atoms with Gasteiger partial charge in [0.25, 0.3) is 5.91 Å². The van der Waals surface area contributed by atoms with Gasteiger partial charge in [0.2, 0.25) is 0 Å². The van der Waals surface area contributed by atoms with Crippen LogP contribution < -0.4 is 5.32 Å². The van der Waals surface area contributed by atoms with Crippen LogP contribution in [0.5, 0.6) is 0 Å². The van der Waals surface area contributed by atoms with Crippen LogP contribution in [-0.2, 0) is 7.05 Å². The quantitative estimate of drug-likeness (QED) is 0.472. The summed E-state index contributed by atoms with van der Waals surface area (Å²) in [6, 6.07) is 13.3. The Balaban J connectivity index is 1.62. The van der Waals surface area contributed by atoms with Gasteiger partial charge in [-0.1, -0.05) is 0 Å². The molecule has 0 fully saturated rings. The van der Waals surface area contributed by atoms with Crippen molar-refractivity contribution in [2.24, 2.45) is 7.05 Å². The highest BCUT2D eigenvalue weighted by Gasteiger charge is 2.20. The molecule has 4 aromatic heterocycles. The van der Waals surface area contributed by atoms with Crippen LogP contribution in [0, 0.1) is 6.92 Å². The molecule has 0 aliphatic rings. The lowest BCUT2D eigenvalue weighted by Gasteiger charge is -2.09. The Hall–Kier alpha value is -3.45. The zero-order valence-electron chi connectivity index (χ0n) is 15.3. The van der Waals surface area contributed by atoms with E-state index in [4.69, 9.17) is 4.42 Å². The molecule has 28 heavy (non-hydrogen) atoms. The molecule has 5 rings (SSSR count). The van der Waals surface area contributed by atoms with Crippen LogP contribution in [0.2, 0.25) is 0 Å². The van der Waals surface area contributed by atoms with Gasteiger partial charge < -0.3 is 9.73 Å². The fraction of sp³-hybridized carbons (Fsp3) is 0.0952. The summed E-state index contributed by atoms with van der Waals surface area (Å²) in [7, 11) is 1.82. The van der Waals surface area contributed by atoms with Crippen LogP contribution in [0.15, 0.2) is 58.5 Å². The Kier molecular flexibility index (Phi) is 3.77. The molecule has 4 heterocycles. The number of benzene rings is 1. The van der Waals surface area contributed by atoms with Gasteiger partial charge in [-0.3, -0.25) is 9.48 Å². The molecule has 7 heteroatoms. The summed E-state index contributed by atoms with van der Waals surface area (Å²) >= 11 is 1.68. The van der Waals surface area contributed by atoms with Crippen molar-refractivity contribution < 1.29 is 9.21 Å². The van der Waals surface area contributed by atoms with E-state index in [2.05, 4.69) is 15.4 Å². The number of nitrogens with one attached hydrogen (secondary N) is 1. The minimum Gasteiger partial charge on any atom is -0.463 e. The normalized spacial score (nSPS) is 11.4. The predicted molar refractivity (Wildman–Crippen MR) is 111 cm³/mol. The molecule has 6 nitrogen and oxygen atoms in total. The van der Waals surface area contributed by atoms with E-state index in [-0.39, 0.29) is 5.91 Å². The van der Waals surface area contributed by atoms with Crippen molar-refractivity contribution in [3.05, 3.63) is 65.4 Å². The number of pyridine rings is 1. The van der Waals surface area contributed by atoms with E-state index in [1.165, 1.54) is 4.70 Å². The van der Waals surface area contributed by atoms with Gasteiger partial charge in [0.05, 0.1) is 22.9 Å². The Morgan fingerprint density at radius 3 is 2.93 bits per heavy atom. The minimum atomic E-state index is -0.203. The number of fused-ring (bicyclic) bond motifs is 2. The van der Waals surface area contributed by atoms with Gasteiger partial charge in [0.1, 0.15) is 5.69 Å². The summed E-state index contributed by atoms with van der Waals surface area (Å²) in [5.74, 6) is 0.403. The molecule has 0 bridgehead atoms. The van der Waals surface area contributed by atoms with E-state index in [0.717, 1.165) is 22.2 Å². The van der Waals surface area contributed by atoms with Gasteiger partial charge in [0, 0.05) is 17.4 Å². The molecule has 1 N–H and O–H groups in total. The first kappa shape index (κ1) is 16.7. The zero-order chi connectivity index (χ0) is 19.3. The number of aromatic nitrogens is 3. The molecule has 0 unspecified atom stereocenters. The lowest BCUT2D eigenvalue weighted by atomic mass is 10.1. The molecule has 0 spiro atoms. The number of anilines is 1. The molecule has 0 saturated carbocycles. The monoisotopic (exact) mass is 388 g/mol. The van der Waals surface area contributed by atoms with Crippen molar-refractivity contribution in [3.63, 3.8) is 0 Å². The molecular weight excluding hydrogens is 372 g/mol. The van der Waals surface area contributed by atoms with Gasteiger partial charge in [-0.25, -0.2) is 4.98 Å². The van der Waals surface area contributed by atoms with Crippen molar-refractivity contribution >= 4 is 44.1 Å². The van der Waals surface area contributed by atoms with Gasteiger partial charge in [0.15, 0.2) is 11.4 Å². The maximum Gasteiger partial charge on any atom is 0.256 e. The summed E-state index contributed by atoms with van der Waals surface area (Å²) in [5, 5.41) is 11.3. The van der Waals surface area contributed by atoms with Crippen LogP contribution in [0.25, 0.3) is 32.6 Å². The van der Waals surface area contributed by atoms with Crippen LogP contribution in [0.1, 0.15) is 16.1 Å². The summed E-state index contributed by atoms with van der Waals surface area (Å²) in [6.45, 7) is 1.88. The van der Waals surface area contributed by atoms with Gasteiger partial charge >= 0.3 is 0 Å². The van der Waals surface area contributed by atoms with Crippen LogP contribution in [0.4, 0.5) is 5.69 Å². The van der Waals surface area contributed by atoms with E-state index in [9.17, 15) is 4.79 Å². The van der Waals surface area contributed by atoms with E-state index in [1.807, 2.05) is 49.7 Å². The number of aryl methyl sites for hydroxylation is 2. The molecule has 0 saturated heterocycles. The second-order valence-electron chi connectivity index (χ2n) is 6.57. The third-order valence-electron chi connectivity index (χ3n) is 4.70. The number of furan rings is 1. The number of carbonyl (C=O) groups excluding carboxylic acids is 1. The molecule has 0 aliphatic carbocycles. The second kappa shape index (κ2) is 6.31. The highest BCUT2D eigenvalue weighted by molar-refractivity contribution is 7.17. The highest BCUT2D eigenvalue weighted by atomic mass is 32.1. The van der Waals surface area contributed by atoms with Crippen LogP contribution >= 0.6 is 11.3 Å². The molecule has 5 aromatic rings. The van der Waals surface area contributed by atoms with Crippen molar-refractivity contribution in [1.82, 2.24) is 14.8 Å². The zero-order valence-corrected chi connectivity index (χ0v) is 16.1. The molecule has 0 radical (unpaired) electrons. The molecule has 1 amide bonds. The Labute approximate surface area is 164 Å². The second-order valence-corrected chi connectivity index (χ2v) is 7.52. The predicted octanol–water partition coefficient (Wildman–Crippen LogP) is 5.00. The SMILES string of the molecule is Cc1nn(C)c2nc(-c3ccco3)cc(C(=O)Nc3ccc4sccc4c3)c12. The Morgan fingerprint density at radius 1 is 1.21 bits per heavy atom. The lowest BCUT2D eigenvalue weighted by Crippen LogP contribution is -2.13. The lowest BCUT2D eigenvalue weighted by molar-refractivity contribution is 0.102. The van der Waals surface area contributed by atoms with Crippen molar-refractivity contribution in [1.29, 1.82) is 0 Å². The standard InChI is InChI=1S/C21H16N4O2S/c1-12-19-15(21(26)22-14-5-6-18-13(10-14)7-9-28-18)11-16(17-4-3-8-27-17)23-20(19)25(2)24-12/h3-11H,1-2H3,(H,22,26). The molecule has 1 aromatic carbocycles. The summed E-state index contributed by atoms with van der Waals surface area (Å²) < 4.78 is 8.36. The van der Waals surface area contributed by atoms with E-state index in [0.29, 0.717) is 22.7 Å². The number of amides is 1. The summed E-state index contributed by atoms with van der Waals surface area (Å²) in [5.41, 5.74) is 3.27. The van der Waals surface area contributed by atoms with Crippen molar-refractivity contribution in [3.8, 4) is 11.5 Å². The van der Waals surface area contributed by atoms with Crippen LogP contribution in [0.3, 0.4) is 0 Å². The number of carbonyl (C=O) groups is 1. The van der Waals surface area contributed by atoms with Gasteiger partial charge in [-0.15, -0.1) is 11.3 Å². The van der Waals surface area contributed by atoms with E-state index < -0.39 is 0 Å². The Bertz CT molecular complexity index is 1330. The number of rotatable bonds is 3. The highest BCUT2D eigenvalue weighted by Crippen LogP contribution is 2.29. The maximum absolute atomic E-state index is 13.2. The number of hydrogen-bond acceptors (Lipinski definition) is 5. The van der Waals surface area contributed by atoms with E-state index >= 15 is 0 Å². The first-order valence-electron chi connectivity index (χ1n) is 8.77. The van der Waals surface area contributed by atoms with Gasteiger partial charge in [-0.05, 0) is 60.2 Å². The number of nitrogens with zero attached hydrogens (tertiary/aromatic N) is 3. The average Bonchev–Trinajstić information content (AvgIpc) is 3.42. The Morgan fingerprint density at radius 2 is 2.11 bits per heavy atom. The third-order valence-corrected chi connectivity index (χ3v) is 5.60.